The second-order valence-corrected chi connectivity index (χ2v) is 7.50. The van der Waals surface area contributed by atoms with Gasteiger partial charge in [0.05, 0.1) is 23.4 Å². The number of aromatic nitrogens is 2. The van der Waals surface area contributed by atoms with E-state index in [-0.39, 0.29) is 11.9 Å². The summed E-state index contributed by atoms with van der Waals surface area (Å²) in [5.41, 5.74) is 4.87. The average molecular weight is 359 g/mol. The van der Waals surface area contributed by atoms with Crippen molar-refractivity contribution in [3.63, 3.8) is 0 Å². The second-order valence-electron chi connectivity index (χ2n) is 6.50. The van der Waals surface area contributed by atoms with Gasteiger partial charge >= 0.3 is 0 Å². The molecule has 0 bridgehead atoms. The monoisotopic (exact) mass is 359 g/mol. The third-order valence-corrected chi connectivity index (χ3v) is 6.01. The summed E-state index contributed by atoms with van der Waals surface area (Å²) in [6.07, 6.45) is 2.57. The van der Waals surface area contributed by atoms with Crippen LogP contribution in [0.25, 0.3) is 11.0 Å². The molecule has 0 spiro atoms. The molecule has 2 aromatic heterocycles. The van der Waals surface area contributed by atoms with Crippen LogP contribution in [0.1, 0.15) is 32.4 Å². The van der Waals surface area contributed by atoms with Crippen molar-refractivity contribution in [2.75, 3.05) is 6.54 Å². The summed E-state index contributed by atoms with van der Waals surface area (Å²) >= 11 is 1.79. The Balaban J connectivity index is 1.59. The van der Waals surface area contributed by atoms with Crippen LogP contribution >= 0.6 is 11.3 Å². The molecule has 3 heterocycles. The van der Waals surface area contributed by atoms with Gasteiger partial charge in [-0.3, -0.25) is 4.79 Å². The number of benzene rings is 2. The molecule has 5 heteroatoms. The van der Waals surface area contributed by atoms with Gasteiger partial charge in [0, 0.05) is 17.0 Å². The zero-order valence-corrected chi connectivity index (χ0v) is 14.9. The highest BCUT2D eigenvalue weighted by molar-refractivity contribution is 7.10. The van der Waals surface area contributed by atoms with Crippen LogP contribution in [0.15, 0.2) is 66.3 Å². The number of imidazole rings is 1. The molecule has 1 aliphatic heterocycles. The van der Waals surface area contributed by atoms with Crippen LogP contribution in [0.5, 0.6) is 0 Å². The molecule has 1 atom stereocenters. The van der Waals surface area contributed by atoms with Gasteiger partial charge in [-0.2, -0.15) is 0 Å². The van der Waals surface area contributed by atoms with Gasteiger partial charge in [-0.1, -0.05) is 30.3 Å². The minimum Gasteiger partial charge on any atom is -0.345 e. The fourth-order valence-electron chi connectivity index (χ4n) is 3.76. The molecule has 26 heavy (non-hydrogen) atoms. The van der Waals surface area contributed by atoms with Gasteiger partial charge in [-0.15, -0.1) is 11.3 Å². The molecule has 5 rings (SSSR count). The number of nitrogens with one attached hydrogen (secondary N) is 1. The first-order valence-corrected chi connectivity index (χ1v) is 9.54. The standard InChI is InChI=1S/C21H17N3OS/c25-21(15-6-7-17-18(12-15)23-13-22-17)24-10-8-19-16(9-11-26-19)20(24)14-4-2-1-3-5-14/h1-7,9,11-13,20H,8,10H2,(H,22,23). The Morgan fingerprint density at radius 2 is 2.04 bits per heavy atom. The number of hydrogen-bond donors (Lipinski definition) is 1. The summed E-state index contributed by atoms with van der Waals surface area (Å²) in [5.74, 6) is 0.0622. The smallest absolute Gasteiger partial charge is 0.254 e. The molecule has 1 amide bonds. The van der Waals surface area contributed by atoms with Gasteiger partial charge in [-0.05, 0) is 47.2 Å². The lowest BCUT2D eigenvalue weighted by Gasteiger charge is -2.36. The summed E-state index contributed by atoms with van der Waals surface area (Å²) in [7, 11) is 0. The molecule has 1 aliphatic rings. The Morgan fingerprint density at radius 3 is 2.92 bits per heavy atom. The van der Waals surface area contributed by atoms with Crippen molar-refractivity contribution in [3.05, 3.63) is 87.9 Å². The number of amides is 1. The molecule has 4 nitrogen and oxygen atoms in total. The highest BCUT2D eigenvalue weighted by Crippen LogP contribution is 2.38. The Bertz CT molecular complexity index is 1080. The number of hydrogen-bond acceptors (Lipinski definition) is 3. The van der Waals surface area contributed by atoms with E-state index in [0.29, 0.717) is 5.56 Å². The van der Waals surface area contributed by atoms with Crippen molar-refractivity contribution in [1.29, 1.82) is 0 Å². The SMILES string of the molecule is O=C(c1ccc2nc[nH]c2c1)N1CCc2sccc2C1c1ccccc1. The molecule has 0 saturated carbocycles. The third kappa shape index (κ3) is 2.44. The largest absolute Gasteiger partial charge is 0.345 e. The number of carbonyl (C=O) groups excluding carboxylic acids is 1. The lowest BCUT2D eigenvalue weighted by atomic mass is 9.92. The molecule has 0 fully saturated rings. The van der Waals surface area contributed by atoms with Gasteiger partial charge in [0.1, 0.15) is 0 Å². The Morgan fingerprint density at radius 1 is 1.15 bits per heavy atom. The maximum Gasteiger partial charge on any atom is 0.254 e. The second kappa shape index (κ2) is 6.11. The maximum atomic E-state index is 13.4. The highest BCUT2D eigenvalue weighted by Gasteiger charge is 2.33. The first kappa shape index (κ1) is 15.3. The van der Waals surface area contributed by atoms with Gasteiger partial charge in [0.2, 0.25) is 0 Å². The number of fused-ring (bicyclic) bond motifs is 2. The molecule has 0 aliphatic carbocycles. The van der Waals surface area contributed by atoms with Crippen molar-refractivity contribution >= 4 is 28.3 Å². The number of carbonyl (C=O) groups is 1. The van der Waals surface area contributed by atoms with E-state index in [1.807, 2.05) is 41.3 Å². The predicted molar refractivity (Wildman–Crippen MR) is 103 cm³/mol. The molecule has 2 aromatic carbocycles. The maximum absolute atomic E-state index is 13.4. The van der Waals surface area contributed by atoms with Crippen molar-refractivity contribution in [3.8, 4) is 0 Å². The summed E-state index contributed by atoms with van der Waals surface area (Å²) in [4.78, 5) is 24.1. The molecule has 0 saturated heterocycles. The van der Waals surface area contributed by atoms with E-state index in [1.54, 1.807) is 17.7 Å². The molecular weight excluding hydrogens is 342 g/mol. The molecule has 1 N–H and O–H groups in total. The molecular formula is C21H17N3OS. The fourth-order valence-corrected chi connectivity index (χ4v) is 4.67. The van der Waals surface area contributed by atoms with Crippen molar-refractivity contribution in [2.45, 2.75) is 12.5 Å². The van der Waals surface area contributed by atoms with E-state index in [1.165, 1.54) is 10.4 Å². The molecule has 0 radical (unpaired) electrons. The normalized spacial score (nSPS) is 16.6. The van der Waals surface area contributed by atoms with Crippen LogP contribution < -0.4 is 0 Å². The number of aromatic amines is 1. The lowest BCUT2D eigenvalue weighted by molar-refractivity contribution is 0.0696. The van der Waals surface area contributed by atoms with E-state index in [0.717, 1.165) is 29.6 Å². The predicted octanol–water partition coefficient (Wildman–Crippen LogP) is 4.41. The minimum absolute atomic E-state index is 0.0313. The zero-order valence-electron chi connectivity index (χ0n) is 14.1. The molecule has 4 aromatic rings. The molecule has 1 unspecified atom stereocenters. The summed E-state index contributed by atoms with van der Waals surface area (Å²) in [6, 6.07) is 18.1. The van der Waals surface area contributed by atoms with E-state index in [4.69, 9.17) is 0 Å². The Hall–Kier alpha value is -2.92. The van der Waals surface area contributed by atoms with Crippen molar-refractivity contribution in [2.24, 2.45) is 0 Å². The number of thiophene rings is 1. The quantitative estimate of drug-likeness (QED) is 0.576. The molecule has 128 valence electrons. The van der Waals surface area contributed by atoms with Crippen molar-refractivity contribution < 1.29 is 4.79 Å². The summed E-state index contributed by atoms with van der Waals surface area (Å²) < 4.78 is 0. The Labute approximate surface area is 155 Å². The van der Waals surface area contributed by atoms with Crippen LogP contribution in [-0.4, -0.2) is 27.3 Å². The Kier molecular flexibility index (Phi) is 3.60. The first-order valence-electron chi connectivity index (χ1n) is 8.66. The fraction of sp³-hybridized carbons (Fsp3) is 0.143. The van der Waals surface area contributed by atoms with Crippen LogP contribution in [0.3, 0.4) is 0 Å². The average Bonchev–Trinajstić information content (AvgIpc) is 3.35. The van der Waals surface area contributed by atoms with Gasteiger partial charge < -0.3 is 9.88 Å². The minimum atomic E-state index is -0.0313. The summed E-state index contributed by atoms with van der Waals surface area (Å²) in [6.45, 7) is 0.729. The van der Waals surface area contributed by atoms with Crippen LogP contribution in [0.2, 0.25) is 0 Å². The van der Waals surface area contributed by atoms with Gasteiger partial charge in [0.15, 0.2) is 0 Å². The van der Waals surface area contributed by atoms with Crippen LogP contribution in [0.4, 0.5) is 0 Å². The van der Waals surface area contributed by atoms with E-state index < -0.39 is 0 Å². The number of rotatable bonds is 2. The lowest BCUT2D eigenvalue weighted by Crippen LogP contribution is -2.40. The first-order chi connectivity index (χ1) is 12.8. The van der Waals surface area contributed by atoms with E-state index >= 15 is 0 Å². The zero-order chi connectivity index (χ0) is 17.5. The van der Waals surface area contributed by atoms with Gasteiger partial charge in [0.25, 0.3) is 5.91 Å². The van der Waals surface area contributed by atoms with E-state index in [9.17, 15) is 4.79 Å². The van der Waals surface area contributed by atoms with Crippen LogP contribution in [-0.2, 0) is 6.42 Å². The topological polar surface area (TPSA) is 49.0 Å². The van der Waals surface area contributed by atoms with E-state index in [2.05, 4.69) is 33.5 Å². The van der Waals surface area contributed by atoms with Crippen molar-refractivity contribution in [1.82, 2.24) is 14.9 Å². The summed E-state index contributed by atoms with van der Waals surface area (Å²) in [5, 5.41) is 2.13. The number of nitrogens with zero attached hydrogens (tertiary/aromatic N) is 2. The number of H-pyrrole nitrogens is 1. The third-order valence-electron chi connectivity index (χ3n) is 5.01. The van der Waals surface area contributed by atoms with Crippen LogP contribution in [0, 0.1) is 0 Å². The highest BCUT2D eigenvalue weighted by atomic mass is 32.1. The van der Waals surface area contributed by atoms with Gasteiger partial charge in [-0.25, -0.2) is 4.98 Å².